The number of nitrogens with zero attached hydrogens (tertiary/aromatic N) is 6. The number of anilines is 3. The highest BCUT2D eigenvalue weighted by atomic mass is 15.1. The van der Waals surface area contributed by atoms with Gasteiger partial charge in [0.05, 0.1) is 66.6 Å². The van der Waals surface area contributed by atoms with Gasteiger partial charge in [-0.25, -0.2) is 0 Å². The summed E-state index contributed by atoms with van der Waals surface area (Å²) in [7, 11) is 0. The van der Waals surface area contributed by atoms with Crippen molar-refractivity contribution in [3.8, 4) is 95.2 Å². The molecule has 0 bridgehead atoms. The third-order valence-electron chi connectivity index (χ3n) is 29.4. The quantitative estimate of drug-likeness (QED) is 0.120. The Morgan fingerprint density at radius 1 is 0.193 bits per heavy atom. The van der Waals surface area contributed by atoms with Crippen LogP contribution in [-0.2, 0) is 5.41 Å². The Balaban J connectivity index is 0.000000135. The van der Waals surface area contributed by atoms with Gasteiger partial charge in [0.25, 0.3) is 0 Å². The third-order valence-corrected chi connectivity index (χ3v) is 29.4. The van der Waals surface area contributed by atoms with Crippen molar-refractivity contribution in [3.05, 3.63) is 484 Å². The molecule has 135 heavy (non-hydrogen) atoms. The van der Waals surface area contributed by atoms with Crippen molar-refractivity contribution in [2.75, 3.05) is 4.90 Å². The Hall–Kier alpha value is -17.6. The van der Waals surface area contributed by atoms with Gasteiger partial charge in [-0.05, 0) is 210 Å². The van der Waals surface area contributed by atoms with Gasteiger partial charge < -0.3 is 27.4 Å². The van der Waals surface area contributed by atoms with E-state index >= 15 is 0 Å². The largest absolute Gasteiger partial charge is 0.310 e. The van der Waals surface area contributed by atoms with Crippen molar-refractivity contribution in [1.82, 2.24) is 22.5 Å². The van der Waals surface area contributed by atoms with Crippen molar-refractivity contribution >= 4 is 158 Å². The summed E-state index contributed by atoms with van der Waals surface area (Å²) in [5.74, 6) is 0. The fourth-order valence-corrected chi connectivity index (χ4v) is 23.5. The molecule has 6 heteroatoms. The third kappa shape index (κ3) is 11.4. The first kappa shape index (κ1) is 76.3. The molecular weight excluding hydrogens is 1630 g/mol. The zero-order chi connectivity index (χ0) is 88.8. The second kappa shape index (κ2) is 29.7. The van der Waals surface area contributed by atoms with Crippen molar-refractivity contribution in [3.63, 3.8) is 0 Å². The van der Waals surface area contributed by atoms with Gasteiger partial charge in [0.1, 0.15) is 0 Å². The molecule has 0 saturated heterocycles. The van der Waals surface area contributed by atoms with E-state index in [4.69, 9.17) is 0 Å². The molecule has 0 atom stereocenters. The summed E-state index contributed by atoms with van der Waals surface area (Å²) in [6.07, 6.45) is 0. The number of hydrogen-bond donors (Lipinski definition) is 0. The molecule has 0 N–H and O–H groups in total. The summed E-state index contributed by atoms with van der Waals surface area (Å²) < 4.78 is 12.6. The van der Waals surface area contributed by atoms with Gasteiger partial charge in [-0.1, -0.05) is 366 Å². The number of fused-ring (bicyclic) bond motifs is 16. The first-order valence-corrected chi connectivity index (χ1v) is 46.9. The van der Waals surface area contributed by atoms with Crippen LogP contribution in [0.1, 0.15) is 25.0 Å². The maximum Gasteiger partial charge on any atom is 0.0642 e. The predicted octanol–water partition coefficient (Wildman–Crippen LogP) is 34.7. The average Bonchev–Trinajstić information content (AvgIpc) is 1.52. The van der Waals surface area contributed by atoms with Crippen LogP contribution in [0.5, 0.6) is 0 Å². The van der Waals surface area contributed by atoms with Gasteiger partial charge >= 0.3 is 0 Å². The smallest absolute Gasteiger partial charge is 0.0642 e. The molecule has 0 spiro atoms. The number of benzene rings is 21. The second-order valence-electron chi connectivity index (χ2n) is 36.9. The van der Waals surface area contributed by atoms with Crippen LogP contribution >= 0.6 is 0 Å². The van der Waals surface area contributed by atoms with Crippen molar-refractivity contribution < 1.29 is 0 Å². The summed E-state index contributed by atoms with van der Waals surface area (Å²) in [5, 5.41) is 20.1. The molecule has 0 amide bonds. The Morgan fingerprint density at radius 3 is 0.970 bits per heavy atom. The standard InChI is InChI=1S/C69H47N3.C60H37N3/c1-69(2)59-28-16-14-26-54(59)55-39-38-52(43-60(55)69)70(49-23-10-5-11-24-49)50-34-30-44(31-35-50)45-32-36-51(37-33-45)71-62-41-40-57-63(46-18-6-3-7-19-46)66(47-20-8-4-9-21-47)72-61-29-17-15-27-56(61)58-42-48-22-12-13-25-53(48)67(71)64(58)65(62)68(57)72;1-3-15-40(16-4-1)55-49-35-36-54-57-56-50(48-23-11-14-26-53(48)63(60(49)57)58(55)41-17-5-2-6-18-41)37-42-19-7-8-20-45(42)59(56)62(54)44-33-29-39(30-34-44)38-27-31-43(32-28-38)61-51-24-12-9-21-46(51)47-22-10-13-25-52(47)61/h3-43H,1-2H3;1-37H. The van der Waals surface area contributed by atoms with Crippen LogP contribution in [0.4, 0.5) is 17.1 Å². The van der Waals surface area contributed by atoms with Gasteiger partial charge in [0, 0.05) is 115 Å². The Bertz CT molecular complexity index is 9590. The van der Waals surface area contributed by atoms with Crippen LogP contribution in [0.15, 0.2) is 473 Å². The highest BCUT2D eigenvalue weighted by molar-refractivity contribution is 6.38. The van der Waals surface area contributed by atoms with Gasteiger partial charge in [0.15, 0.2) is 0 Å². The van der Waals surface area contributed by atoms with E-state index in [9.17, 15) is 0 Å². The van der Waals surface area contributed by atoms with E-state index in [1.807, 2.05) is 0 Å². The lowest BCUT2D eigenvalue weighted by molar-refractivity contribution is 0.660. The molecule has 0 unspecified atom stereocenters. The Kier molecular flexibility index (Phi) is 16.8. The summed E-state index contributed by atoms with van der Waals surface area (Å²) in [5.41, 5.74) is 38.8. The van der Waals surface area contributed by atoms with E-state index in [0.29, 0.717) is 0 Å². The monoisotopic (exact) mass is 1720 g/mol. The molecule has 0 radical (unpaired) electrons. The molecule has 1 aliphatic rings. The molecule has 21 aromatic carbocycles. The summed E-state index contributed by atoms with van der Waals surface area (Å²) in [6, 6.07) is 175. The molecule has 7 aromatic heterocycles. The number of para-hydroxylation sites is 5. The molecule has 7 heterocycles. The molecule has 0 aliphatic heterocycles. The fourth-order valence-electron chi connectivity index (χ4n) is 23.5. The van der Waals surface area contributed by atoms with E-state index in [0.717, 1.165) is 34.1 Å². The van der Waals surface area contributed by atoms with Crippen molar-refractivity contribution in [2.45, 2.75) is 19.3 Å². The van der Waals surface area contributed by atoms with Crippen LogP contribution < -0.4 is 4.90 Å². The van der Waals surface area contributed by atoms with Crippen LogP contribution in [0.2, 0.25) is 0 Å². The second-order valence-corrected chi connectivity index (χ2v) is 36.9. The minimum atomic E-state index is -0.0920. The van der Waals surface area contributed by atoms with Crippen LogP contribution in [0, 0.1) is 0 Å². The minimum absolute atomic E-state index is 0.0920. The molecule has 28 aromatic rings. The fraction of sp³-hybridized carbons (Fsp3) is 0.0233. The summed E-state index contributed by atoms with van der Waals surface area (Å²) >= 11 is 0. The molecule has 0 fully saturated rings. The number of hydrogen-bond acceptors (Lipinski definition) is 1. The van der Waals surface area contributed by atoms with E-state index < -0.39 is 0 Å². The molecule has 1 aliphatic carbocycles. The first-order valence-electron chi connectivity index (χ1n) is 46.9. The zero-order valence-electron chi connectivity index (χ0n) is 74.2. The van der Waals surface area contributed by atoms with E-state index in [1.165, 1.54) is 231 Å². The van der Waals surface area contributed by atoms with Gasteiger partial charge in [-0.3, -0.25) is 0 Å². The number of rotatable bonds is 12. The van der Waals surface area contributed by atoms with Crippen molar-refractivity contribution in [1.29, 1.82) is 0 Å². The molecule has 630 valence electrons. The predicted molar refractivity (Wildman–Crippen MR) is 570 cm³/mol. The highest BCUT2D eigenvalue weighted by Gasteiger charge is 2.37. The van der Waals surface area contributed by atoms with Gasteiger partial charge in [0.2, 0.25) is 0 Å². The molecule has 6 nitrogen and oxygen atoms in total. The number of aromatic nitrogens is 5. The Labute approximate surface area is 779 Å². The minimum Gasteiger partial charge on any atom is -0.310 e. The topological polar surface area (TPSA) is 26.9 Å². The Morgan fingerprint density at radius 2 is 0.526 bits per heavy atom. The summed E-state index contributed by atoms with van der Waals surface area (Å²) in [6.45, 7) is 4.71. The summed E-state index contributed by atoms with van der Waals surface area (Å²) in [4.78, 5) is 2.39. The first-order chi connectivity index (χ1) is 66.8. The average molecular weight is 1720 g/mol. The van der Waals surface area contributed by atoms with Gasteiger partial charge in [-0.2, -0.15) is 0 Å². The van der Waals surface area contributed by atoms with Crippen LogP contribution in [-0.4, -0.2) is 22.5 Å². The van der Waals surface area contributed by atoms with Crippen LogP contribution in [0.25, 0.3) is 237 Å². The van der Waals surface area contributed by atoms with Gasteiger partial charge in [-0.15, -0.1) is 0 Å². The molecular formula is C129H84N6. The van der Waals surface area contributed by atoms with Crippen LogP contribution in [0.3, 0.4) is 0 Å². The zero-order valence-corrected chi connectivity index (χ0v) is 74.2. The van der Waals surface area contributed by atoms with E-state index in [-0.39, 0.29) is 5.41 Å². The molecule has 0 saturated carbocycles. The highest BCUT2D eigenvalue weighted by Crippen LogP contribution is 2.56. The maximum atomic E-state index is 2.58. The SMILES string of the molecule is CC1(C)c2ccccc2-c2ccc(N(c3ccccc3)c3ccc(-c4ccc(-n5c6ccc7c(-c8ccccc8)c(-c8ccccc8)n8c9ccccc9c9cc%10ccccc%10c5c9c6c78)cc4)cc3)cc21.c1ccc(-c2c(-c3ccccc3)n3c4ccccc4c4cc5ccccc5c5c4c4c(ccc2c43)n5-c2ccc(-c3ccc(-n4c5ccccc5c5ccccc54)cc3)cc2)cc1. The normalized spacial score (nSPS) is 12.6. The van der Waals surface area contributed by atoms with Crippen molar-refractivity contribution in [2.24, 2.45) is 0 Å². The molecule has 29 rings (SSSR count). The van der Waals surface area contributed by atoms with E-state index in [1.54, 1.807) is 0 Å². The lowest BCUT2D eigenvalue weighted by atomic mass is 9.82. The maximum absolute atomic E-state index is 2.58. The lowest BCUT2D eigenvalue weighted by Crippen LogP contribution is -2.16. The lowest BCUT2D eigenvalue weighted by Gasteiger charge is -2.28. The van der Waals surface area contributed by atoms with E-state index in [2.05, 4.69) is 514 Å².